The maximum atomic E-state index is 12.0. The molecule has 0 unspecified atom stereocenters. The zero-order valence-corrected chi connectivity index (χ0v) is 9.37. The van der Waals surface area contributed by atoms with E-state index in [1.165, 1.54) is 6.20 Å². The highest BCUT2D eigenvalue weighted by atomic mass is 35.5. The van der Waals surface area contributed by atoms with E-state index in [9.17, 15) is 4.79 Å². The van der Waals surface area contributed by atoms with E-state index >= 15 is 0 Å². The number of carbonyl (C=O) groups is 1. The van der Waals surface area contributed by atoms with Gasteiger partial charge >= 0.3 is 0 Å². The quantitative estimate of drug-likeness (QED) is 0.736. The van der Waals surface area contributed by atoms with Gasteiger partial charge in [0, 0.05) is 25.5 Å². The monoisotopic (exact) mass is 224 g/mol. The second kappa shape index (κ2) is 5.51. The number of amides is 1. The fourth-order valence-corrected chi connectivity index (χ4v) is 1.43. The molecule has 1 amide bonds. The lowest BCUT2D eigenvalue weighted by Gasteiger charge is -2.19. The molecule has 0 aliphatic rings. The molecule has 0 saturated carbocycles. The van der Waals surface area contributed by atoms with Crippen molar-refractivity contribution in [3.63, 3.8) is 0 Å². The predicted molar refractivity (Wildman–Crippen MR) is 61.0 cm³/mol. The van der Waals surface area contributed by atoms with Gasteiger partial charge in [0.05, 0.1) is 10.6 Å². The lowest BCUT2D eigenvalue weighted by Crippen LogP contribution is -2.31. The molecule has 0 bridgehead atoms. The fraction of sp³-hybridized carbons (Fsp3) is 0.273. The molecule has 1 aromatic rings. The van der Waals surface area contributed by atoms with E-state index in [0.29, 0.717) is 23.7 Å². The van der Waals surface area contributed by atoms with Crippen molar-refractivity contribution in [2.75, 3.05) is 13.1 Å². The molecule has 0 aromatic carbocycles. The van der Waals surface area contributed by atoms with Gasteiger partial charge in [-0.3, -0.25) is 9.78 Å². The zero-order chi connectivity index (χ0) is 11.3. The molecule has 4 heteroatoms. The first-order valence-electron chi connectivity index (χ1n) is 4.70. The summed E-state index contributed by atoms with van der Waals surface area (Å²) in [7, 11) is 0. The van der Waals surface area contributed by atoms with E-state index in [2.05, 4.69) is 11.6 Å². The summed E-state index contributed by atoms with van der Waals surface area (Å²) in [5.74, 6) is -0.0928. The molecule has 0 atom stereocenters. The average molecular weight is 225 g/mol. The number of nitrogens with zero attached hydrogens (tertiary/aromatic N) is 2. The van der Waals surface area contributed by atoms with Crippen LogP contribution in [0.3, 0.4) is 0 Å². The molecule has 1 aromatic heterocycles. The van der Waals surface area contributed by atoms with Crippen molar-refractivity contribution in [1.29, 1.82) is 0 Å². The average Bonchev–Trinajstić information content (AvgIpc) is 2.25. The molecule has 0 aliphatic heterocycles. The highest BCUT2D eigenvalue weighted by Crippen LogP contribution is 2.15. The number of hydrogen-bond donors (Lipinski definition) is 0. The Bertz CT molecular complexity index is 365. The Morgan fingerprint density at radius 2 is 2.47 bits per heavy atom. The van der Waals surface area contributed by atoms with Crippen molar-refractivity contribution in [2.24, 2.45) is 0 Å². The van der Waals surface area contributed by atoms with Crippen LogP contribution in [0.1, 0.15) is 17.3 Å². The van der Waals surface area contributed by atoms with Crippen LogP contribution in [0.4, 0.5) is 0 Å². The summed E-state index contributed by atoms with van der Waals surface area (Å²) in [5.41, 5.74) is 0.482. The molecule has 3 nitrogen and oxygen atoms in total. The molecular formula is C11H13ClN2O. The first-order valence-corrected chi connectivity index (χ1v) is 5.08. The summed E-state index contributed by atoms with van der Waals surface area (Å²) < 4.78 is 0. The highest BCUT2D eigenvalue weighted by Gasteiger charge is 2.15. The standard InChI is InChI=1S/C11H13ClN2O/c1-3-7-14(4-2)11(15)9-5-6-13-8-10(9)12/h3,5-6,8H,1,4,7H2,2H3. The maximum Gasteiger partial charge on any atom is 0.255 e. The van der Waals surface area contributed by atoms with Crippen molar-refractivity contribution < 1.29 is 4.79 Å². The largest absolute Gasteiger partial charge is 0.335 e. The van der Waals surface area contributed by atoms with Crippen LogP contribution in [0.5, 0.6) is 0 Å². The van der Waals surface area contributed by atoms with E-state index in [4.69, 9.17) is 11.6 Å². The molecule has 1 heterocycles. The number of halogens is 1. The van der Waals surface area contributed by atoms with Crippen molar-refractivity contribution in [3.8, 4) is 0 Å². The lowest BCUT2D eigenvalue weighted by molar-refractivity contribution is 0.0782. The summed E-state index contributed by atoms with van der Waals surface area (Å²) in [6.45, 7) is 6.67. The van der Waals surface area contributed by atoms with Gasteiger partial charge in [0.2, 0.25) is 0 Å². The van der Waals surface area contributed by atoms with Crippen molar-refractivity contribution in [2.45, 2.75) is 6.92 Å². The SMILES string of the molecule is C=CCN(CC)C(=O)c1ccncc1Cl. The number of rotatable bonds is 4. The Kier molecular flexibility index (Phi) is 4.31. The molecular weight excluding hydrogens is 212 g/mol. The predicted octanol–water partition coefficient (Wildman–Crippen LogP) is 2.38. The smallest absolute Gasteiger partial charge is 0.255 e. The van der Waals surface area contributed by atoms with Crippen LogP contribution >= 0.6 is 11.6 Å². The minimum Gasteiger partial charge on any atom is -0.335 e. The summed E-state index contributed by atoms with van der Waals surface area (Å²) in [4.78, 5) is 17.4. The van der Waals surface area contributed by atoms with E-state index in [0.717, 1.165) is 0 Å². The number of aromatic nitrogens is 1. The molecule has 15 heavy (non-hydrogen) atoms. The van der Waals surface area contributed by atoms with Gasteiger partial charge in [0.1, 0.15) is 0 Å². The van der Waals surface area contributed by atoms with Crippen molar-refractivity contribution in [3.05, 3.63) is 41.7 Å². The lowest BCUT2D eigenvalue weighted by atomic mass is 10.2. The Balaban J connectivity index is 2.92. The summed E-state index contributed by atoms with van der Waals surface area (Å²) in [6, 6.07) is 1.62. The summed E-state index contributed by atoms with van der Waals surface area (Å²) in [5, 5.41) is 0.380. The summed E-state index contributed by atoms with van der Waals surface area (Å²) >= 11 is 5.88. The van der Waals surface area contributed by atoms with Gasteiger partial charge in [-0.15, -0.1) is 6.58 Å². The van der Waals surface area contributed by atoms with E-state index in [1.54, 1.807) is 23.2 Å². The van der Waals surface area contributed by atoms with Gasteiger partial charge in [0.25, 0.3) is 5.91 Å². The van der Waals surface area contributed by atoms with E-state index in [1.807, 2.05) is 6.92 Å². The Morgan fingerprint density at radius 1 is 1.73 bits per heavy atom. The normalized spacial score (nSPS) is 9.73. The van der Waals surface area contributed by atoms with Crippen LogP contribution in [-0.4, -0.2) is 28.9 Å². The van der Waals surface area contributed by atoms with Gasteiger partial charge in [0.15, 0.2) is 0 Å². The number of likely N-dealkylation sites (N-methyl/N-ethyl adjacent to an activating group) is 1. The molecule has 0 fully saturated rings. The van der Waals surface area contributed by atoms with Gasteiger partial charge in [-0.1, -0.05) is 17.7 Å². The van der Waals surface area contributed by atoms with Crippen LogP contribution in [0.15, 0.2) is 31.1 Å². The topological polar surface area (TPSA) is 33.2 Å². The second-order valence-corrected chi connectivity index (χ2v) is 3.40. The third-order valence-corrected chi connectivity index (χ3v) is 2.32. The Labute approximate surface area is 94.4 Å². The Morgan fingerprint density at radius 3 is 3.00 bits per heavy atom. The summed E-state index contributed by atoms with van der Waals surface area (Å²) in [6.07, 6.45) is 4.72. The minimum atomic E-state index is -0.0928. The van der Waals surface area contributed by atoms with Crippen molar-refractivity contribution >= 4 is 17.5 Å². The van der Waals surface area contributed by atoms with E-state index in [-0.39, 0.29) is 5.91 Å². The molecule has 80 valence electrons. The number of pyridine rings is 1. The van der Waals surface area contributed by atoms with Crippen LogP contribution < -0.4 is 0 Å². The Hall–Kier alpha value is -1.35. The van der Waals surface area contributed by atoms with Gasteiger partial charge in [-0.25, -0.2) is 0 Å². The minimum absolute atomic E-state index is 0.0928. The second-order valence-electron chi connectivity index (χ2n) is 2.99. The first kappa shape index (κ1) is 11.7. The molecule has 0 aliphatic carbocycles. The number of hydrogen-bond acceptors (Lipinski definition) is 2. The molecule has 0 spiro atoms. The van der Waals surface area contributed by atoms with E-state index < -0.39 is 0 Å². The molecule has 0 radical (unpaired) electrons. The van der Waals surface area contributed by atoms with Gasteiger partial charge in [-0.2, -0.15) is 0 Å². The zero-order valence-electron chi connectivity index (χ0n) is 8.61. The maximum absolute atomic E-state index is 12.0. The van der Waals surface area contributed by atoms with Crippen LogP contribution in [0.25, 0.3) is 0 Å². The highest BCUT2D eigenvalue weighted by molar-refractivity contribution is 6.33. The molecule has 0 saturated heterocycles. The van der Waals surface area contributed by atoms with Crippen LogP contribution in [0, 0.1) is 0 Å². The third-order valence-electron chi connectivity index (χ3n) is 2.02. The van der Waals surface area contributed by atoms with Crippen molar-refractivity contribution in [1.82, 2.24) is 9.88 Å². The first-order chi connectivity index (χ1) is 7.20. The van der Waals surface area contributed by atoms with Crippen LogP contribution in [-0.2, 0) is 0 Å². The van der Waals surface area contributed by atoms with Gasteiger partial charge < -0.3 is 4.90 Å². The van der Waals surface area contributed by atoms with Gasteiger partial charge in [-0.05, 0) is 13.0 Å². The third kappa shape index (κ3) is 2.80. The molecule has 1 rings (SSSR count). The molecule has 0 N–H and O–H groups in total. The number of carbonyl (C=O) groups excluding carboxylic acids is 1. The van der Waals surface area contributed by atoms with Crippen LogP contribution in [0.2, 0.25) is 5.02 Å². The fourth-order valence-electron chi connectivity index (χ4n) is 1.23.